The van der Waals surface area contributed by atoms with E-state index in [1.54, 1.807) is 0 Å². The van der Waals surface area contributed by atoms with Crippen LogP contribution in [0.1, 0.15) is 19.4 Å². The number of amides is 2. The summed E-state index contributed by atoms with van der Waals surface area (Å²) in [5, 5.41) is 4.93. The Labute approximate surface area is 115 Å². The van der Waals surface area contributed by atoms with Crippen LogP contribution in [0.2, 0.25) is 0 Å². The van der Waals surface area contributed by atoms with E-state index in [-0.39, 0.29) is 11.1 Å². The highest BCUT2D eigenvalue weighted by Crippen LogP contribution is 2.30. The van der Waals surface area contributed by atoms with E-state index in [1.807, 2.05) is 13.8 Å². The standard InChI is InChI=1S/C13H18F3N3O/c1-12(2,7-17)8-18-11(20)19-10-5-3-4-9(6-10)13(14,15)16/h3-6H,7-8,17H2,1-2H3,(H2,18,19,20). The first-order valence-corrected chi connectivity index (χ1v) is 6.06. The van der Waals surface area contributed by atoms with Gasteiger partial charge in [-0.15, -0.1) is 0 Å². The first-order chi connectivity index (χ1) is 9.14. The summed E-state index contributed by atoms with van der Waals surface area (Å²) in [6.07, 6.45) is -4.43. The molecule has 0 saturated heterocycles. The number of benzene rings is 1. The summed E-state index contributed by atoms with van der Waals surface area (Å²) in [5.74, 6) is 0. The largest absolute Gasteiger partial charge is 0.416 e. The van der Waals surface area contributed by atoms with Crippen molar-refractivity contribution in [2.75, 3.05) is 18.4 Å². The Balaban J connectivity index is 2.63. The molecule has 0 radical (unpaired) electrons. The van der Waals surface area contributed by atoms with Crippen molar-refractivity contribution in [2.24, 2.45) is 11.1 Å². The molecule has 112 valence electrons. The molecule has 7 heteroatoms. The minimum absolute atomic E-state index is 0.0860. The van der Waals surface area contributed by atoms with Crippen molar-refractivity contribution in [3.05, 3.63) is 29.8 Å². The van der Waals surface area contributed by atoms with E-state index in [4.69, 9.17) is 5.73 Å². The maximum absolute atomic E-state index is 12.5. The number of halogens is 3. The van der Waals surface area contributed by atoms with Crippen LogP contribution >= 0.6 is 0 Å². The van der Waals surface area contributed by atoms with Gasteiger partial charge in [0.1, 0.15) is 0 Å². The summed E-state index contributed by atoms with van der Waals surface area (Å²) in [4.78, 5) is 11.6. The second-order valence-electron chi connectivity index (χ2n) is 5.25. The lowest BCUT2D eigenvalue weighted by Gasteiger charge is -2.22. The Kier molecular flexibility index (Phi) is 4.99. The number of carbonyl (C=O) groups is 1. The molecule has 0 aliphatic heterocycles. The molecule has 2 amide bonds. The molecule has 0 saturated carbocycles. The third-order valence-corrected chi connectivity index (χ3v) is 2.73. The number of carbonyl (C=O) groups excluding carboxylic acids is 1. The van der Waals surface area contributed by atoms with Crippen LogP contribution in [0.15, 0.2) is 24.3 Å². The number of hydrogen-bond donors (Lipinski definition) is 3. The molecular weight excluding hydrogens is 271 g/mol. The molecule has 0 aromatic heterocycles. The zero-order valence-electron chi connectivity index (χ0n) is 11.3. The van der Waals surface area contributed by atoms with Crippen molar-refractivity contribution < 1.29 is 18.0 Å². The molecule has 1 aromatic rings. The molecule has 20 heavy (non-hydrogen) atoms. The second-order valence-corrected chi connectivity index (χ2v) is 5.25. The lowest BCUT2D eigenvalue weighted by atomic mass is 9.94. The Morgan fingerprint density at radius 3 is 2.50 bits per heavy atom. The summed E-state index contributed by atoms with van der Waals surface area (Å²) >= 11 is 0. The summed E-state index contributed by atoms with van der Waals surface area (Å²) in [6.45, 7) is 4.46. The molecule has 4 nitrogen and oxygen atoms in total. The first-order valence-electron chi connectivity index (χ1n) is 6.06. The SMILES string of the molecule is CC(C)(CN)CNC(=O)Nc1cccc(C(F)(F)F)c1. The number of anilines is 1. The van der Waals surface area contributed by atoms with E-state index >= 15 is 0 Å². The number of urea groups is 1. The third kappa shape index (κ3) is 5.08. The van der Waals surface area contributed by atoms with Gasteiger partial charge in [-0.3, -0.25) is 0 Å². The van der Waals surface area contributed by atoms with Crippen LogP contribution in [0.25, 0.3) is 0 Å². The second kappa shape index (κ2) is 6.13. The van der Waals surface area contributed by atoms with Crippen LogP contribution in [0.5, 0.6) is 0 Å². The number of hydrogen-bond acceptors (Lipinski definition) is 2. The van der Waals surface area contributed by atoms with Crippen molar-refractivity contribution in [3.63, 3.8) is 0 Å². The van der Waals surface area contributed by atoms with Crippen molar-refractivity contribution in [1.82, 2.24) is 5.32 Å². The normalized spacial score (nSPS) is 12.1. The van der Waals surface area contributed by atoms with Crippen molar-refractivity contribution in [1.29, 1.82) is 0 Å². The molecule has 0 fully saturated rings. The van der Waals surface area contributed by atoms with Gasteiger partial charge < -0.3 is 16.4 Å². The number of alkyl halides is 3. The van der Waals surface area contributed by atoms with Gasteiger partial charge in [-0.25, -0.2) is 4.79 Å². The van der Waals surface area contributed by atoms with Gasteiger partial charge in [0.25, 0.3) is 0 Å². The Bertz CT molecular complexity index is 472. The summed E-state index contributed by atoms with van der Waals surface area (Å²) in [5.41, 5.74) is 4.52. The fraction of sp³-hybridized carbons (Fsp3) is 0.462. The number of nitrogens with two attached hydrogens (primary N) is 1. The molecule has 4 N–H and O–H groups in total. The average Bonchev–Trinajstić information content (AvgIpc) is 2.36. The predicted octanol–water partition coefficient (Wildman–Crippen LogP) is 2.81. The highest BCUT2D eigenvalue weighted by Gasteiger charge is 2.30. The fourth-order valence-corrected chi connectivity index (χ4v) is 1.34. The molecule has 0 unspecified atom stereocenters. The lowest BCUT2D eigenvalue weighted by Crippen LogP contribution is -2.40. The maximum atomic E-state index is 12.5. The van der Waals surface area contributed by atoms with E-state index in [0.29, 0.717) is 13.1 Å². The van der Waals surface area contributed by atoms with E-state index < -0.39 is 17.8 Å². The van der Waals surface area contributed by atoms with Gasteiger partial charge in [-0.2, -0.15) is 13.2 Å². The van der Waals surface area contributed by atoms with Gasteiger partial charge in [0, 0.05) is 12.2 Å². The molecule has 0 spiro atoms. The lowest BCUT2D eigenvalue weighted by molar-refractivity contribution is -0.137. The number of nitrogens with one attached hydrogen (secondary N) is 2. The fourth-order valence-electron chi connectivity index (χ4n) is 1.34. The topological polar surface area (TPSA) is 67.1 Å². The minimum Gasteiger partial charge on any atom is -0.337 e. The van der Waals surface area contributed by atoms with E-state index in [9.17, 15) is 18.0 Å². The van der Waals surface area contributed by atoms with Gasteiger partial charge in [-0.1, -0.05) is 19.9 Å². The average molecular weight is 289 g/mol. The Morgan fingerprint density at radius 2 is 1.95 bits per heavy atom. The molecule has 1 rings (SSSR count). The zero-order chi connectivity index (χ0) is 15.4. The van der Waals surface area contributed by atoms with Crippen LogP contribution in [0.4, 0.5) is 23.7 Å². The van der Waals surface area contributed by atoms with Crippen LogP contribution in [-0.4, -0.2) is 19.1 Å². The predicted molar refractivity (Wildman–Crippen MR) is 71.3 cm³/mol. The highest BCUT2D eigenvalue weighted by molar-refractivity contribution is 5.89. The highest BCUT2D eigenvalue weighted by atomic mass is 19.4. The van der Waals surface area contributed by atoms with Gasteiger partial charge in [0.2, 0.25) is 0 Å². The quantitative estimate of drug-likeness (QED) is 0.798. The summed E-state index contributed by atoms with van der Waals surface area (Å²) in [7, 11) is 0. The van der Waals surface area contributed by atoms with Crippen molar-refractivity contribution in [3.8, 4) is 0 Å². The summed E-state index contributed by atoms with van der Waals surface area (Å²) < 4.78 is 37.5. The van der Waals surface area contributed by atoms with E-state index in [1.165, 1.54) is 12.1 Å². The maximum Gasteiger partial charge on any atom is 0.416 e. The van der Waals surface area contributed by atoms with Crippen LogP contribution in [0.3, 0.4) is 0 Å². The van der Waals surface area contributed by atoms with Crippen molar-refractivity contribution >= 4 is 11.7 Å². The molecule has 0 heterocycles. The molecule has 0 aliphatic carbocycles. The molecule has 1 aromatic carbocycles. The van der Waals surface area contributed by atoms with E-state index in [0.717, 1.165) is 12.1 Å². The van der Waals surface area contributed by atoms with E-state index in [2.05, 4.69) is 10.6 Å². The van der Waals surface area contributed by atoms with Crippen LogP contribution < -0.4 is 16.4 Å². The Hall–Kier alpha value is -1.76. The Morgan fingerprint density at radius 1 is 1.30 bits per heavy atom. The molecular formula is C13H18F3N3O. The van der Waals surface area contributed by atoms with Gasteiger partial charge in [-0.05, 0) is 30.2 Å². The first kappa shape index (κ1) is 16.3. The smallest absolute Gasteiger partial charge is 0.337 e. The van der Waals surface area contributed by atoms with Gasteiger partial charge in [0.15, 0.2) is 0 Å². The molecule has 0 atom stereocenters. The van der Waals surface area contributed by atoms with Crippen molar-refractivity contribution in [2.45, 2.75) is 20.0 Å². The van der Waals surface area contributed by atoms with Crippen LogP contribution in [-0.2, 0) is 6.18 Å². The summed E-state index contributed by atoms with van der Waals surface area (Å²) in [6, 6.07) is 3.89. The van der Waals surface area contributed by atoms with Gasteiger partial charge >= 0.3 is 12.2 Å². The minimum atomic E-state index is -4.43. The monoisotopic (exact) mass is 289 g/mol. The number of rotatable bonds is 4. The molecule has 0 bridgehead atoms. The third-order valence-electron chi connectivity index (χ3n) is 2.73. The van der Waals surface area contributed by atoms with Gasteiger partial charge in [0.05, 0.1) is 5.56 Å². The molecule has 0 aliphatic rings. The van der Waals surface area contributed by atoms with Crippen LogP contribution in [0, 0.1) is 5.41 Å². The zero-order valence-corrected chi connectivity index (χ0v) is 11.3.